The van der Waals surface area contributed by atoms with E-state index >= 15 is 0 Å². The number of thiophene rings is 1. The van der Waals surface area contributed by atoms with Crippen LogP contribution in [0.2, 0.25) is 0 Å². The van der Waals surface area contributed by atoms with E-state index in [1.165, 1.54) is 16.2 Å². The Hall–Kier alpha value is -2.65. The van der Waals surface area contributed by atoms with E-state index in [9.17, 15) is 13.6 Å². The summed E-state index contributed by atoms with van der Waals surface area (Å²) in [7, 11) is 0. The van der Waals surface area contributed by atoms with Gasteiger partial charge >= 0.3 is 0 Å². The van der Waals surface area contributed by atoms with Crippen molar-refractivity contribution >= 4 is 17.2 Å². The lowest BCUT2D eigenvalue weighted by Crippen LogP contribution is -2.48. The number of carbonyl (C=O) groups is 1. The zero-order valence-corrected chi connectivity index (χ0v) is 15.1. The van der Waals surface area contributed by atoms with Crippen LogP contribution in [0.5, 0.6) is 0 Å². The number of aromatic nitrogens is 2. The molecule has 0 saturated carbocycles. The Morgan fingerprint density at radius 1 is 1.19 bits per heavy atom. The van der Waals surface area contributed by atoms with E-state index < -0.39 is 17.5 Å². The highest BCUT2D eigenvalue weighted by Gasteiger charge is 2.25. The number of hydrogen-bond donors (Lipinski definition) is 0. The van der Waals surface area contributed by atoms with Crippen molar-refractivity contribution in [3.05, 3.63) is 58.8 Å². The monoisotopic (exact) mass is 390 g/mol. The van der Waals surface area contributed by atoms with Crippen LogP contribution in [-0.4, -0.2) is 52.0 Å². The molecule has 6 nitrogen and oxygen atoms in total. The summed E-state index contributed by atoms with van der Waals surface area (Å²) in [6.07, 6.45) is 0. The molecule has 1 aliphatic rings. The molecule has 27 heavy (non-hydrogen) atoms. The van der Waals surface area contributed by atoms with Gasteiger partial charge in [-0.25, -0.2) is 8.78 Å². The van der Waals surface area contributed by atoms with Crippen LogP contribution in [0, 0.1) is 11.6 Å². The van der Waals surface area contributed by atoms with Gasteiger partial charge in [-0.3, -0.25) is 9.69 Å². The van der Waals surface area contributed by atoms with Crippen molar-refractivity contribution in [2.45, 2.75) is 6.54 Å². The van der Waals surface area contributed by atoms with Gasteiger partial charge in [0, 0.05) is 26.2 Å². The lowest BCUT2D eigenvalue weighted by molar-refractivity contribution is 0.0610. The van der Waals surface area contributed by atoms with Gasteiger partial charge in [0.15, 0.2) is 0 Å². The maximum atomic E-state index is 13.8. The lowest BCUT2D eigenvalue weighted by Gasteiger charge is -2.34. The summed E-state index contributed by atoms with van der Waals surface area (Å²) in [4.78, 5) is 21.4. The maximum Gasteiger partial charge on any atom is 0.257 e. The second-order valence-electron chi connectivity index (χ2n) is 6.18. The van der Waals surface area contributed by atoms with Gasteiger partial charge in [-0.1, -0.05) is 11.2 Å². The summed E-state index contributed by atoms with van der Waals surface area (Å²) in [6, 6.07) is 6.76. The molecule has 4 rings (SSSR count). The van der Waals surface area contributed by atoms with Crippen molar-refractivity contribution < 1.29 is 18.1 Å². The zero-order chi connectivity index (χ0) is 18.8. The molecule has 1 saturated heterocycles. The van der Waals surface area contributed by atoms with Crippen LogP contribution in [-0.2, 0) is 6.54 Å². The van der Waals surface area contributed by atoms with E-state index in [0.717, 1.165) is 23.1 Å². The molecular formula is C18H16F2N4O2S. The summed E-state index contributed by atoms with van der Waals surface area (Å²) in [5, 5.41) is 5.93. The number of rotatable bonds is 4. The lowest BCUT2D eigenvalue weighted by atomic mass is 10.1. The first-order valence-electron chi connectivity index (χ1n) is 8.43. The van der Waals surface area contributed by atoms with Crippen molar-refractivity contribution in [1.82, 2.24) is 19.9 Å². The van der Waals surface area contributed by atoms with Crippen LogP contribution in [0.4, 0.5) is 8.78 Å². The number of halogens is 2. The zero-order valence-electron chi connectivity index (χ0n) is 14.3. The van der Waals surface area contributed by atoms with Gasteiger partial charge in [0.2, 0.25) is 11.7 Å². The molecule has 0 atom stereocenters. The van der Waals surface area contributed by atoms with Gasteiger partial charge < -0.3 is 9.42 Å². The minimum absolute atomic E-state index is 0.235. The van der Waals surface area contributed by atoms with E-state index in [-0.39, 0.29) is 5.56 Å². The molecule has 2 aromatic heterocycles. The average Bonchev–Trinajstić information content (AvgIpc) is 3.35. The van der Waals surface area contributed by atoms with Crippen molar-refractivity contribution in [2.24, 2.45) is 0 Å². The number of nitrogens with zero attached hydrogens (tertiary/aromatic N) is 4. The molecule has 3 aromatic rings. The SMILES string of the molecule is O=C(c1cc(F)ccc1F)N1CCN(Cc2nc(-c3cccs3)no2)CC1. The normalized spacial score (nSPS) is 15.3. The Bertz CT molecular complexity index is 937. The maximum absolute atomic E-state index is 13.8. The third kappa shape index (κ3) is 3.88. The fourth-order valence-corrected chi connectivity index (χ4v) is 3.61. The van der Waals surface area contributed by atoms with Crippen LogP contribution in [0.25, 0.3) is 10.7 Å². The molecule has 1 fully saturated rings. The molecular weight excluding hydrogens is 374 g/mol. The second-order valence-corrected chi connectivity index (χ2v) is 7.13. The Morgan fingerprint density at radius 2 is 2.00 bits per heavy atom. The standard InChI is InChI=1S/C18H16F2N4O2S/c19-12-3-4-14(20)13(10-12)18(25)24-7-5-23(6-8-24)11-16-21-17(22-26-16)15-2-1-9-27-15/h1-4,9-10H,5-8,11H2. The van der Waals surface area contributed by atoms with E-state index in [4.69, 9.17) is 4.52 Å². The molecule has 1 aromatic carbocycles. The number of carbonyl (C=O) groups excluding carboxylic acids is 1. The van der Waals surface area contributed by atoms with Crippen molar-refractivity contribution in [3.8, 4) is 10.7 Å². The molecule has 3 heterocycles. The number of piperazine rings is 1. The number of hydrogen-bond acceptors (Lipinski definition) is 6. The van der Waals surface area contributed by atoms with Crippen molar-refractivity contribution in [1.29, 1.82) is 0 Å². The topological polar surface area (TPSA) is 62.5 Å². The van der Waals surface area contributed by atoms with Crippen LogP contribution >= 0.6 is 11.3 Å². The van der Waals surface area contributed by atoms with Crippen LogP contribution in [0.15, 0.2) is 40.2 Å². The molecule has 140 valence electrons. The van der Waals surface area contributed by atoms with Gasteiger partial charge in [0.25, 0.3) is 5.91 Å². The minimum Gasteiger partial charge on any atom is -0.338 e. The Labute approximate surface area is 158 Å². The van der Waals surface area contributed by atoms with Crippen LogP contribution < -0.4 is 0 Å². The van der Waals surface area contributed by atoms with Gasteiger partial charge in [-0.2, -0.15) is 4.98 Å². The second kappa shape index (κ2) is 7.53. The number of amides is 1. The van der Waals surface area contributed by atoms with Crippen LogP contribution in [0.3, 0.4) is 0 Å². The third-order valence-corrected chi connectivity index (χ3v) is 5.25. The summed E-state index contributed by atoms with van der Waals surface area (Å²) in [5.74, 6) is -0.763. The summed E-state index contributed by atoms with van der Waals surface area (Å²) < 4.78 is 32.4. The fourth-order valence-electron chi connectivity index (χ4n) is 2.96. The molecule has 0 aliphatic carbocycles. The molecule has 9 heteroatoms. The first kappa shape index (κ1) is 17.7. The Morgan fingerprint density at radius 3 is 2.74 bits per heavy atom. The molecule has 0 bridgehead atoms. The summed E-state index contributed by atoms with van der Waals surface area (Å²) in [6.45, 7) is 2.48. The number of benzene rings is 1. The van der Waals surface area contributed by atoms with E-state index in [2.05, 4.69) is 15.0 Å². The van der Waals surface area contributed by atoms with Gasteiger partial charge in [0.05, 0.1) is 17.0 Å². The first-order chi connectivity index (χ1) is 13.1. The van der Waals surface area contributed by atoms with Crippen molar-refractivity contribution in [2.75, 3.05) is 26.2 Å². The molecule has 1 aliphatic heterocycles. The summed E-state index contributed by atoms with van der Waals surface area (Å²) in [5.41, 5.74) is -0.235. The highest BCUT2D eigenvalue weighted by Crippen LogP contribution is 2.22. The van der Waals surface area contributed by atoms with Gasteiger partial charge in [-0.15, -0.1) is 11.3 Å². The first-order valence-corrected chi connectivity index (χ1v) is 9.31. The quantitative estimate of drug-likeness (QED) is 0.685. The average molecular weight is 390 g/mol. The van der Waals surface area contributed by atoms with Crippen molar-refractivity contribution in [3.63, 3.8) is 0 Å². The Kier molecular flexibility index (Phi) is 4.95. The van der Waals surface area contributed by atoms with E-state index in [1.807, 2.05) is 17.5 Å². The predicted molar refractivity (Wildman–Crippen MR) is 95.1 cm³/mol. The minimum atomic E-state index is -0.712. The molecule has 0 radical (unpaired) electrons. The highest BCUT2D eigenvalue weighted by atomic mass is 32.1. The largest absolute Gasteiger partial charge is 0.338 e. The van der Waals surface area contributed by atoms with E-state index in [1.54, 1.807) is 0 Å². The molecule has 0 N–H and O–H groups in total. The predicted octanol–water partition coefficient (Wildman–Crippen LogP) is 3.03. The fraction of sp³-hybridized carbons (Fsp3) is 0.278. The third-order valence-electron chi connectivity index (χ3n) is 4.39. The van der Waals surface area contributed by atoms with Gasteiger partial charge in [-0.05, 0) is 29.6 Å². The van der Waals surface area contributed by atoms with Gasteiger partial charge in [0.1, 0.15) is 11.6 Å². The smallest absolute Gasteiger partial charge is 0.257 e. The highest BCUT2D eigenvalue weighted by molar-refractivity contribution is 7.13. The molecule has 0 spiro atoms. The Balaban J connectivity index is 1.35. The molecule has 0 unspecified atom stereocenters. The molecule has 1 amide bonds. The van der Waals surface area contributed by atoms with E-state index in [0.29, 0.717) is 44.4 Å². The van der Waals surface area contributed by atoms with Crippen LogP contribution in [0.1, 0.15) is 16.2 Å². The summed E-state index contributed by atoms with van der Waals surface area (Å²) >= 11 is 1.54.